The van der Waals surface area contributed by atoms with Crippen LogP contribution in [0.1, 0.15) is 29.2 Å². The first-order valence-corrected chi connectivity index (χ1v) is 7.41. The summed E-state index contributed by atoms with van der Waals surface area (Å²) in [6.07, 6.45) is 5.40. The molecule has 2 aromatic heterocycles. The molecule has 1 aliphatic rings. The van der Waals surface area contributed by atoms with Crippen LogP contribution in [-0.2, 0) is 0 Å². The highest BCUT2D eigenvalue weighted by Crippen LogP contribution is 2.36. The highest BCUT2D eigenvalue weighted by Gasteiger charge is 2.28. The number of aromatic nitrogens is 5. The highest BCUT2D eigenvalue weighted by atomic mass is 16.1. The summed E-state index contributed by atoms with van der Waals surface area (Å²) in [5.41, 5.74) is 2.15. The quantitative estimate of drug-likeness (QED) is 0.799. The Balaban J connectivity index is 1.59. The molecule has 0 radical (unpaired) electrons. The van der Waals surface area contributed by atoms with Crippen LogP contribution < -0.4 is 5.32 Å². The number of tetrazole rings is 1. The molecule has 1 amide bonds. The van der Waals surface area contributed by atoms with Crippen molar-refractivity contribution in [2.75, 3.05) is 5.32 Å². The third kappa shape index (κ3) is 2.80. The minimum absolute atomic E-state index is 0.175. The molecular formula is C16H14N6O. The van der Waals surface area contributed by atoms with Crippen molar-refractivity contribution in [1.82, 2.24) is 25.2 Å². The minimum atomic E-state index is -0.175. The number of anilines is 1. The maximum Gasteiger partial charge on any atom is 0.255 e. The maximum absolute atomic E-state index is 12.2. The number of nitrogens with zero attached hydrogens (tertiary/aromatic N) is 5. The fraction of sp³-hybridized carbons (Fsp3) is 0.188. The molecule has 1 aromatic carbocycles. The predicted octanol–water partition coefficient (Wildman–Crippen LogP) is 2.32. The number of benzene rings is 1. The van der Waals surface area contributed by atoms with E-state index in [4.69, 9.17) is 0 Å². The second kappa shape index (κ2) is 5.60. The van der Waals surface area contributed by atoms with Gasteiger partial charge in [0.15, 0.2) is 5.82 Å². The number of rotatable bonds is 4. The summed E-state index contributed by atoms with van der Waals surface area (Å²) in [4.78, 5) is 16.1. The van der Waals surface area contributed by atoms with Gasteiger partial charge < -0.3 is 5.32 Å². The van der Waals surface area contributed by atoms with Gasteiger partial charge in [-0.2, -0.15) is 0 Å². The third-order valence-corrected chi connectivity index (χ3v) is 3.71. The first-order valence-electron chi connectivity index (χ1n) is 7.41. The van der Waals surface area contributed by atoms with Gasteiger partial charge in [-0.05, 0) is 47.5 Å². The summed E-state index contributed by atoms with van der Waals surface area (Å²) in [5, 5.41) is 14.8. The molecule has 0 bridgehead atoms. The number of carbonyl (C=O) groups is 1. The molecule has 7 nitrogen and oxygen atoms in total. The molecule has 1 aliphatic carbocycles. The molecule has 3 aromatic rings. The van der Waals surface area contributed by atoms with Crippen LogP contribution in [0.25, 0.3) is 11.4 Å². The van der Waals surface area contributed by atoms with Crippen LogP contribution in [0.4, 0.5) is 5.69 Å². The number of hydrogen-bond donors (Lipinski definition) is 1. The van der Waals surface area contributed by atoms with Gasteiger partial charge in [-0.3, -0.25) is 9.78 Å². The average Bonchev–Trinajstić information content (AvgIpc) is 3.32. The first kappa shape index (κ1) is 13.6. The summed E-state index contributed by atoms with van der Waals surface area (Å²) in [5.74, 6) is 0.554. The normalized spacial score (nSPS) is 13.7. The van der Waals surface area contributed by atoms with Crippen molar-refractivity contribution in [3.8, 4) is 11.4 Å². The van der Waals surface area contributed by atoms with Crippen molar-refractivity contribution in [2.24, 2.45) is 0 Å². The summed E-state index contributed by atoms with van der Waals surface area (Å²) >= 11 is 0. The van der Waals surface area contributed by atoms with E-state index >= 15 is 0 Å². The number of amides is 1. The Morgan fingerprint density at radius 2 is 2.00 bits per heavy atom. The third-order valence-electron chi connectivity index (χ3n) is 3.71. The van der Waals surface area contributed by atoms with Crippen molar-refractivity contribution in [3.05, 3.63) is 54.4 Å². The molecular weight excluding hydrogens is 292 g/mol. The zero-order valence-corrected chi connectivity index (χ0v) is 12.3. The average molecular weight is 306 g/mol. The van der Waals surface area contributed by atoms with E-state index in [0.29, 0.717) is 17.3 Å². The molecule has 0 aliphatic heterocycles. The minimum Gasteiger partial charge on any atom is -0.322 e. The van der Waals surface area contributed by atoms with Crippen LogP contribution in [0, 0.1) is 0 Å². The fourth-order valence-electron chi connectivity index (χ4n) is 2.39. The summed E-state index contributed by atoms with van der Waals surface area (Å²) in [7, 11) is 0. The number of hydrogen-bond acceptors (Lipinski definition) is 5. The van der Waals surface area contributed by atoms with Crippen molar-refractivity contribution in [2.45, 2.75) is 18.9 Å². The Kier molecular flexibility index (Phi) is 3.30. The van der Waals surface area contributed by atoms with Gasteiger partial charge in [0.25, 0.3) is 5.91 Å². The summed E-state index contributed by atoms with van der Waals surface area (Å²) in [6, 6.07) is 11.3. The molecule has 114 valence electrons. The lowest BCUT2D eigenvalue weighted by molar-refractivity contribution is 0.102. The number of carbonyl (C=O) groups excluding carboxylic acids is 1. The van der Waals surface area contributed by atoms with E-state index < -0.39 is 0 Å². The Bertz CT molecular complexity index is 841. The zero-order chi connectivity index (χ0) is 15.6. The molecule has 0 unspecified atom stereocenters. The van der Waals surface area contributed by atoms with Gasteiger partial charge in [-0.1, -0.05) is 12.1 Å². The second-order valence-electron chi connectivity index (χ2n) is 5.45. The molecule has 23 heavy (non-hydrogen) atoms. The smallest absolute Gasteiger partial charge is 0.255 e. The first-order chi connectivity index (χ1) is 11.3. The molecule has 1 N–H and O–H groups in total. The molecule has 1 saturated carbocycles. The van der Waals surface area contributed by atoms with Crippen molar-refractivity contribution >= 4 is 11.6 Å². The Morgan fingerprint density at radius 1 is 1.17 bits per heavy atom. The molecule has 1 fully saturated rings. The second-order valence-corrected chi connectivity index (χ2v) is 5.45. The Hall–Kier alpha value is -3.09. The summed E-state index contributed by atoms with van der Waals surface area (Å²) in [6.45, 7) is 0. The van der Waals surface area contributed by atoms with Gasteiger partial charge >= 0.3 is 0 Å². The van der Waals surface area contributed by atoms with Gasteiger partial charge in [-0.15, -0.1) is 5.10 Å². The van der Waals surface area contributed by atoms with Crippen LogP contribution in [0.5, 0.6) is 0 Å². The van der Waals surface area contributed by atoms with Crippen LogP contribution in [0.3, 0.4) is 0 Å². The van der Waals surface area contributed by atoms with Crippen LogP contribution in [-0.4, -0.2) is 31.1 Å². The van der Waals surface area contributed by atoms with E-state index in [1.165, 1.54) is 0 Å². The zero-order valence-electron chi connectivity index (χ0n) is 12.3. The topological polar surface area (TPSA) is 85.6 Å². The largest absolute Gasteiger partial charge is 0.322 e. The Labute approximate surface area is 132 Å². The Morgan fingerprint density at radius 3 is 2.78 bits per heavy atom. The van der Waals surface area contributed by atoms with Crippen LogP contribution in [0.15, 0.2) is 48.8 Å². The van der Waals surface area contributed by atoms with E-state index in [1.54, 1.807) is 24.5 Å². The lowest BCUT2D eigenvalue weighted by Crippen LogP contribution is -2.11. The number of pyridine rings is 1. The van der Waals surface area contributed by atoms with E-state index in [0.717, 1.165) is 24.2 Å². The molecule has 4 rings (SSSR count). The fourth-order valence-corrected chi connectivity index (χ4v) is 2.39. The number of nitrogens with one attached hydrogen (secondary N) is 1. The highest BCUT2D eigenvalue weighted by molar-refractivity contribution is 6.04. The van der Waals surface area contributed by atoms with Gasteiger partial charge in [0, 0.05) is 29.2 Å². The molecule has 7 heteroatoms. The van der Waals surface area contributed by atoms with E-state index in [2.05, 4.69) is 25.8 Å². The SMILES string of the molecule is O=C(Nc1cccc(-c2nnnn2C2CC2)c1)c1ccncc1. The molecule has 0 saturated heterocycles. The van der Waals surface area contributed by atoms with Crippen molar-refractivity contribution in [3.63, 3.8) is 0 Å². The lowest BCUT2D eigenvalue weighted by atomic mass is 10.1. The van der Waals surface area contributed by atoms with Gasteiger partial charge in [0.1, 0.15) is 0 Å². The molecule has 0 atom stereocenters. The summed E-state index contributed by atoms with van der Waals surface area (Å²) < 4.78 is 1.85. The van der Waals surface area contributed by atoms with Gasteiger partial charge in [-0.25, -0.2) is 4.68 Å². The maximum atomic E-state index is 12.2. The lowest BCUT2D eigenvalue weighted by Gasteiger charge is -2.07. The van der Waals surface area contributed by atoms with E-state index in [-0.39, 0.29) is 5.91 Å². The monoisotopic (exact) mass is 306 g/mol. The van der Waals surface area contributed by atoms with Gasteiger partial charge in [0.05, 0.1) is 6.04 Å². The predicted molar refractivity (Wildman–Crippen MR) is 83.7 cm³/mol. The van der Waals surface area contributed by atoms with Crippen molar-refractivity contribution < 1.29 is 4.79 Å². The van der Waals surface area contributed by atoms with E-state index in [9.17, 15) is 4.79 Å². The standard InChI is InChI=1S/C16H14N6O/c23-16(11-6-8-17-9-7-11)18-13-3-1-2-12(10-13)15-19-20-21-22(15)14-4-5-14/h1-3,6-10,14H,4-5H2,(H,18,23). The van der Waals surface area contributed by atoms with Crippen LogP contribution >= 0.6 is 0 Å². The molecule has 0 spiro atoms. The van der Waals surface area contributed by atoms with Crippen LogP contribution in [0.2, 0.25) is 0 Å². The van der Waals surface area contributed by atoms with Crippen molar-refractivity contribution in [1.29, 1.82) is 0 Å². The molecule has 2 heterocycles. The van der Waals surface area contributed by atoms with E-state index in [1.807, 2.05) is 28.9 Å². The van der Waals surface area contributed by atoms with Gasteiger partial charge in [0.2, 0.25) is 0 Å².